The zero-order chi connectivity index (χ0) is 21.7. The minimum absolute atomic E-state index is 0.151. The van der Waals surface area contributed by atoms with Gasteiger partial charge in [-0.15, -0.1) is 0 Å². The molecule has 2 heterocycles. The average Bonchev–Trinajstić information content (AvgIpc) is 3.15. The topological polar surface area (TPSA) is 99.3 Å². The van der Waals surface area contributed by atoms with E-state index in [-0.39, 0.29) is 17.1 Å². The maximum atomic E-state index is 14.6. The number of likely N-dealkylation sites (tertiary alicyclic amines) is 1. The Morgan fingerprint density at radius 2 is 1.76 bits per heavy atom. The summed E-state index contributed by atoms with van der Waals surface area (Å²) in [6.07, 6.45) is 0.446. The van der Waals surface area contributed by atoms with Gasteiger partial charge < -0.3 is 10.1 Å². The van der Waals surface area contributed by atoms with E-state index < -0.39 is 39.7 Å². The second-order valence-electron chi connectivity index (χ2n) is 8.08. The molecular formula is C18H25FN4O5S. The van der Waals surface area contributed by atoms with Gasteiger partial charge >= 0.3 is 16.3 Å². The summed E-state index contributed by atoms with van der Waals surface area (Å²) in [5, 5.41) is 2.49. The highest BCUT2D eigenvalue weighted by Gasteiger charge is 2.39. The van der Waals surface area contributed by atoms with Crippen LogP contribution in [0, 0.1) is 5.82 Å². The molecule has 0 unspecified atom stereocenters. The van der Waals surface area contributed by atoms with Crippen LogP contribution in [0.25, 0.3) is 0 Å². The molecule has 1 saturated heterocycles. The number of hydrogen-bond donors (Lipinski definition) is 1. The van der Waals surface area contributed by atoms with Crippen LogP contribution in [0.4, 0.5) is 26.2 Å². The summed E-state index contributed by atoms with van der Waals surface area (Å²) >= 11 is 0. The predicted octanol–water partition coefficient (Wildman–Crippen LogP) is 2.29. The number of nitrogens with one attached hydrogen (secondary N) is 1. The maximum Gasteiger partial charge on any atom is 0.410 e. The Hall–Kier alpha value is -2.56. The van der Waals surface area contributed by atoms with E-state index in [9.17, 15) is 22.4 Å². The Labute approximate surface area is 169 Å². The monoisotopic (exact) mass is 428 g/mol. The summed E-state index contributed by atoms with van der Waals surface area (Å²) in [7, 11) is -1.08. The fourth-order valence-electron chi connectivity index (χ4n) is 3.38. The normalized spacial score (nSPS) is 20.6. The van der Waals surface area contributed by atoms with Crippen LogP contribution >= 0.6 is 0 Å². The van der Waals surface area contributed by atoms with E-state index in [0.717, 1.165) is 14.7 Å². The van der Waals surface area contributed by atoms with Crippen LogP contribution in [0.3, 0.4) is 0 Å². The second-order valence-corrected chi connectivity index (χ2v) is 10.1. The fraction of sp³-hybridized carbons (Fsp3) is 0.556. The molecule has 0 radical (unpaired) electrons. The molecule has 160 valence electrons. The van der Waals surface area contributed by atoms with E-state index in [1.165, 1.54) is 25.1 Å². The van der Waals surface area contributed by atoms with Crippen LogP contribution in [0.1, 0.15) is 33.6 Å². The van der Waals surface area contributed by atoms with E-state index in [0.29, 0.717) is 19.4 Å². The van der Waals surface area contributed by atoms with Crippen molar-refractivity contribution in [1.29, 1.82) is 0 Å². The number of amides is 2. The lowest BCUT2D eigenvalue weighted by atomic mass is 10.1. The van der Waals surface area contributed by atoms with Gasteiger partial charge in [0.2, 0.25) is 5.91 Å². The van der Waals surface area contributed by atoms with Crippen molar-refractivity contribution >= 4 is 39.3 Å². The number of rotatable bonds is 2. The van der Waals surface area contributed by atoms with E-state index >= 15 is 0 Å². The van der Waals surface area contributed by atoms with Gasteiger partial charge in [-0.1, -0.05) is 0 Å². The maximum absolute atomic E-state index is 14.6. The highest BCUT2D eigenvalue weighted by Crippen LogP contribution is 2.41. The molecule has 0 aromatic heterocycles. The van der Waals surface area contributed by atoms with Gasteiger partial charge in [-0.25, -0.2) is 9.18 Å². The zero-order valence-electron chi connectivity index (χ0n) is 17.0. The Morgan fingerprint density at radius 3 is 2.34 bits per heavy atom. The second kappa shape index (κ2) is 7.05. The SMILES string of the molecule is CN1c2cc(F)c(NC(=O)[C@@H]3CCCN3C(=O)OC(C)(C)C)cc2N(C)S1(=O)=O. The zero-order valence-corrected chi connectivity index (χ0v) is 17.8. The number of carbonyl (C=O) groups excluding carboxylic acids is 2. The van der Waals surface area contributed by atoms with Gasteiger partial charge in [0.1, 0.15) is 17.5 Å². The smallest absolute Gasteiger partial charge is 0.410 e. The molecule has 0 spiro atoms. The average molecular weight is 428 g/mol. The molecular weight excluding hydrogens is 403 g/mol. The number of nitrogens with zero attached hydrogens (tertiary/aromatic N) is 3. The Kier molecular flexibility index (Phi) is 5.14. The number of halogens is 1. The van der Waals surface area contributed by atoms with E-state index in [1.54, 1.807) is 20.8 Å². The van der Waals surface area contributed by atoms with Crippen LogP contribution in [0.5, 0.6) is 0 Å². The summed E-state index contributed by atoms with van der Waals surface area (Å²) < 4.78 is 46.3. The van der Waals surface area contributed by atoms with Crippen molar-refractivity contribution in [3.05, 3.63) is 17.9 Å². The van der Waals surface area contributed by atoms with Crippen LogP contribution in [0.2, 0.25) is 0 Å². The standard InChI is InChI=1S/C18H25FN4O5S/c1-18(2,3)28-17(25)23-8-6-7-13(23)16(24)20-12-10-15-14(9-11(12)19)21(4)29(26,27)22(15)5/h9-10,13H,6-8H2,1-5H3,(H,20,24)/t13-/m0/s1. The molecule has 3 rings (SSSR count). The molecule has 0 bridgehead atoms. The van der Waals surface area contributed by atoms with Crippen LogP contribution in [-0.2, 0) is 19.7 Å². The van der Waals surface area contributed by atoms with Gasteiger partial charge in [0.15, 0.2) is 0 Å². The summed E-state index contributed by atoms with van der Waals surface area (Å²) in [4.78, 5) is 26.5. The molecule has 0 aliphatic carbocycles. The summed E-state index contributed by atoms with van der Waals surface area (Å²) in [5.41, 5.74) is -0.421. The number of anilines is 3. The number of fused-ring (bicyclic) bond motifs is 1. The van der Waals surface area contributed by atoms with Gasteiger partial charge in [0.25, 0.3) is 0 Å². The van der Waals surface area contributed by atoms with Crippen LogP contribution in [0.15, 0.2) is 12.1 Å². The molecule has 1 aromatic carbocycles. The first-order valence-electron chi connectivity index (χ1n) is 9.20. The molecule has 1 atom stereocenters. The number of carbonyl (C=O) groups is 2. The number of hydrogen-bond acceptors (Lipinski definition) is 5. The van der Waals surface area contributed by atoms with E-state index in [4.69, 9.17) is 4.74 Å². The Bertz CT molecular complexity index is 960. The van der Waals surface area contributed by atoms with E-state index in [2.05, 4.69) is 5.32 Å². The van der Waals surface area contributed by atoms with Gasteiger partial charge in [-0.05, 0) is 39.7 Å². The third-order valence-corrected chi connectivity index (χ3v) is 6.65. The highest BCUT2D eigenvalue weighted by molar-refractivity contribution is 7.94. The van der Waals surface area contributed by atoms with Crippen molar-refractivity contribution in [1.82, 2.24) is 4.90 Å². The first-order valence-corrected chi connectivity index (χ1v) is 10.6. The van der Waals surface area contributed by atoms with Crippen molar-refractivity contribution < 1.29 is 27.1 Å². The van der Waals surface area contributed by atoms with Crippen molar-refractivity contribution in [3.63, 3.8) is 0 Å². The lowest BCUT2D eigenvalue weighted by Gasteiger charge is -2.28. The highest BCUT2D eigenvalue weighted by atomic mass is 32.2. The first-order chi connectivity index (χ1) is 13.3. The summed E-state index contributed by atoms with van der Waals surface area (Å²) in [6.45, 7) is 5.57. The minimum Gasteiger partial charge on any atom is -0.444 e. The lowest BCUT2D eigenvalue weighted by Crippen LogP contribution is -2.45. The molecule has 1 N–H and O–H groups in total. The molecule has 11 heteroatoms. The number of ether oxygens (including phenoxy) is 1. The van der Waals surface area contributed by atoms with Gasteiger partial charge in [-0.3, -0.25) is 18.3 Å². The molecule has 2 aliphatic rings. The molecule has 2 amide bonds. The largest absolute Gasteiger partial charge is 0.444 e. The third kappa shape index (κ3) is 3.83. The first kappa shape index (κ1) is 21.2. The molecule has 2 aliphatic heterocycles. The lowest BCUT2D eigenvalue weighted by molar-refractivity contribution is -0.120. The van der Waals surface area contributed by atoms with Gasteiger partial charge in [0.05, 0.1) is 17.1 Å². The minimum atomic E-state index is -3.76. The van der Waals surface area contributed by atoms with Crippen molar-refractivity contribution in [2.24, 2.45) is 0 Å². The summed E-state index contributed by atoms with van der Waals surface area (Å²) in [6, 6.07) is 1.55. The predicted molar refractivity (Wildman–Crippen MR) is 107 cm³/mol. The van der Waals surface area contributed by atoms with Crippen LogP contribution in [-0.4, -0.2) is 57.6 Å². The molecule has 1 fully saturated rings. The number of benzene rings is 1. The Balaban J connectivity index is 1.81. The molecule has 0 saturated carbocycles. The fourth-order valence-corrected chi connectivity index (χ4v) is 4.54. The van der Waals surface area contributed by atoms with Gasteiger partial charge in [0, 0.05) is 26.7 Å². The van der Waals surface area contributed by atoms with Crippen LogP contribution < -0.4 is 13.9 Å². The van der Waals surface area contributed by atoms with Gasteiger partial charge in [-0.2, -0.15) is 8.42 Å². The van der Waals surface area contributed by atoms with E-state index in [1.807, 2.05) is 0 Å². The quantitative estimate of drug-likeness (QED) is 0.779. The van der Waals surface area contributed by atoms with Crippen molar-refractivity contribution in [2.45, 2.75) is 45.3 Å². The summed E-state index contributed by atoms with van der Waals surface area (Å²) in [5.74, 6) is -1.32. The molecule has 1 aromatic rings. The molecule has 9 nitrogen and oxygen atoms in total. The Morgan fingerprint density at radius 1 is 1.17 bits per heavy atom. The van der Waals surface area contributed by atoms with Crippen molar-refractivity contribution in [3.8, 4) is 0 Å². The molecule has 29 heavy (non-hydrogen) atoms. The van der Waals surface area contributed by atoms with Crippen molar-refractivity contribution in [2.75, 3.05) is 34.6 Å². The third-order valence-electron chi connectivity index (χ3n) is 4.88.